The zero-order chi connectivity index (χ0) is 13.9. The summed E-state index contributed by atoms with van der Waals surface area (Å²) >= 11 is 14.9. The molecule has 1 aromatic carbocycles. The van der Waals surface area contributed by atoms with E-state index in [-0.39, 0.29) is 21.4 Å². The van der Waals surface area contributed by atoms with E-state index in [1.165, 1.54) is 12.1 Å². The van der Waals surface area contributed by atoms with E-state index in [9.17, 15) is 8.42 Å². The van der Waals surface area contributed by atoms with E-state index in [1.54, 1.807) is 6.92 Å². The van der Waals surface area contributed by atoms with Crippen molar-refractivity contribution in [1.29, 1.82) is 5.26 Å². The van der Waals surface area contributed by atoms with Crippen LogP contribution < -0.4 is 4.72 Å². The van der Waals surface area contributed by atoms with E-state index in [2.05, 4.69) is 20.7 Å². The van der Waals surface area contributed by atoms with Crippen LogP contribution in [0.15, 0.2) is 21.5 Å². The molecule has 0 heterocycles. The first-order valence-corrected chi connectivity index (χ1v) is 7.85. The summed E-state index contributed by atoms with van der Waals surface area (Å²) < 4.78 is 27.1. The molecule has 0 aromatic heterocycles. The van der Waals surface area contributed by atoms with Gasteiger partial charge in [-0.25, -0.2) is 13.1 Å². The van der Waals surface area contributed by atoms with Crippen molar-refractivity contribution < 1.29 is 8.42 Å². The molecule has 8 heteroatoms. The summed E-state index contributed by atoms with van der Waals surface area (Å²) in [5.41, 5.74) is 0. The Bertz CT molecular complexity index is 575. The molecule has 18 heavy (non-hydrogen) atoms. The second-order valence-electron chi connectivity index (χ2n) is 3.58. The van der Waals surface area contributed by atoms with Gasteiger partial charge in [0, 0.05) is 10.5 Å². The Kier molecular flexibility index (Phi) is 5.44. The first-order chi connectivity index (χ1) is 8.27. The minimum Gasteiger partial charge on any atom is -0.207 e. The molecule has 1 aromatic rings. The maximum atomic E-state index is 12.1. The Morgan fingerprint density at radius 2 is 1.94 bits per heavy atom. The first kappa shape index (κ1) is 15.7. The van der Waals surface area contributed by atoms with Gasteiger partial charge in [0.2, 0.25) is 10.0 Å². The fraction of sp³-hybridized carbons (Fsp3) is 0.300. The number of benzene rings is 1. The number of nitriles is 1. The van der Waals surface area contributed by atoms with E-state index >= 15 is 0 Å². The fourth-order valence-corrected chi connectivity index (χ4v) is 4.47. The molecule has 0 aliphatic carbocycles. The van der Waals surface area contributed by atoms with Gasteiger partial charge in [-0.15, -0.1) is 0 Å². The summed E-state index contributed by atoms with van der Waals surface area (Å²) in [7, 11) is -3.85. The molecule has 0 fully saturated rings. The lowest BCUT2D eigenvalue weighted by Crippen LogP contribution is -2.32. The lowest BCUT2D eigenvalue weighted by molar-refractivity contribution is 0.563. The summed E-state index contributed by atoms with van der Waals surface area (Å²) in [4.78, 5) is -0.182. The highest BCUT2D eigenvalue weighted by Crippen LogP contribution is 2.32. The maximum Gasteiger partial charge on any atom is 0.243 e. The Morgan fingerprint density at radius 1 is 1.44 bits per heavy atom. The van der Waals surface area contributed by atoms with E-state index in [0.717, 1.165) is 0 Å². The van der Waals surface area contributed by atoms with Gasteiger partial charge < -0.3 is 0 Å². The summed E-state index contributed by atoms with van der Waals surface area (Å²) in [5, 5.41) is 8.55. The van der Waals surface area contributed by atoms with Gasteiger partial charge in [-0.1, -0.05) is 39.1 Å². The fourth-order valence-electron chi connectivity index (χ4n) is 1.29. The summed E-state index contributed by atoms with van der Waals surface area (Å²) in [6.45, 7) is 1.58. The van der Waals surface area contributed by atoms with Gasteiger partial charge >= 0.3 is 0 Å². The highest BCUT2D eigenvalue weighted by atomic mass is 79.9. The van der Waals surface area contributed by atoms with Crippen molar-refractivity contribution in [3.63, 3.8) is 0 Å². The zero-order valence-electron chi connectivity index (χ0n) is 9.25. The molecule has 1 rings (SSSR count). The Hall–Kier alpha value is -0.320. The lowest BCUT2D eigenvalue weighted by Gasteiger charge is -2.13. The molecule has 0 spiro atoms. The van der Waals surface area contributed by atoms with Crippen molar-refractivity contribution in [3.05, 3.63) is 26.7 Å². The van der Waals surface area contributed by atoms with Crippen molar-refractivity contribution in [1.82, 2.24) is 4.72 Å². The van der Waals surface area contributed by atoms with Crippen LogP contribution in [0.3, 0.4) is 0 Å². The topological polar surface area (TPSA) is 70.0 Å². The third-order valence-electron chi connectivity index (χ3n) is 1.99. The molecule has 1 N–H and O–H groups in total. The molecular weight excluding hydrogens is 363 g/mol. The normalized spacial score (nSPS) is 13.1. The van der Waals surface area contributed by atoms with E-state index in [0.29, 0.717) is 4.47 Å². The molecule has 0 aliphatic rings. The SMILES string of the molecule is CC(CC#N)NS(=O)(=O)c1c(Cl)cc(Br)cc1Cl. The predicted octanol–water partition coefficient (Wildman–Crippen LogP) is 3.34. The van der Waals surface area contributed by atoms with Gasteiger partial charge in [0.1, 0.15) is 4.90 Å². The highest BCUT2D eigenvalue weighted by molar-refractivity contribution is 9.10. The monoisotopic (exact) mass is 370 g/mol. The molecular formula is C10H9BrCl2N2O2S. The van der Waals surface area contributed by atoms with Gasteiger partial charge in [-0.3, -0.25) is 0 Å². The van der Waals surface area contributed by atoms with Gasteiger partial charge in [0.25, 0.3) is 0 Å². The summed E-state index contributed by atoms with van der Waals surface area (Å²) in [6, 6.07) is 4.24. The van der Waals surface area contributed by atoms with Crippen LogP contribution in [0, 0.1) is 11.3 Å². The van der Waals surface area contributed by atoms with Crippen LogP contribution in [0.1, 0.15) is 13.3 Å². The molecule has 0 radical (unpaired) electrons. The van der Waals surface area contributed by atoms with Gasteiger partial charge in [0.15, 0.2) is 0 Å². The van der Waals surface area contributed by atoms with Crippen LogP contribution in [0.4, 0.5) is 0 Å². The van der Waals surface area contributed by atoms with Crippen LogP contribution in [0.5, 0.6) is 0 Å². The Balaban J connectivity index is 3.18. The van der Waals surface area contributed by atoms with Gasteiger partial charge in [-0.05, 0) is 19.1 Å². The van der Waals surface area contributed by atoms with Crippen molar-refractivity contribution in [3.8, 4) is 6.07 Å². The van der Waals surface area contributed by atoms with Crippen LogP contribution in [0.25, 0.3) is 0 Å². The maximum absolute atomic E-state index is 12.1. The molecule has 0 saturated heterocycles. The molecule has 1 unspecified atom stereocenters. The number of hydrogen-bond donors (Lipinski definition) is 1. The molecule has 98 valence electrons. The predicted molar refractivity (Wildman–Crippen MR) is 74.2 cm³/mol. The Morgan fingerprint density at radius 3 is 2.39 bits per heavy atom. The second-order valence-corrected chi connectivity index (χ2v) is 6.96. The third kappa shape index (κ3) is 3.84. The van der Waals surface area contributed by atoms with E-state index < -0.39 is 16.1 Å². The first-order valence-electron chi connectivity index (χ1n) is 4.81. The largest absolute Gasteiger partial charge is 0.243 e. The van der Waals surface area contributed by atoms with Crippen molar-refractivity contribution in [2.45, 2.75) is 24.3 Å². The van der Waals surface area contributed by atoms with Crippen molar-refractivity contribution >= 4 is 49.2 Å². The molecule has 4 nitrogen and oxygen atoms in total. The van der Waals surface area contributed by atoms with Crippen LogP contribution >= 0.6 is 39.1 Å². The number of sulfonamides is 1. The average molecular weight is 372 g/mol. The lowest BCUT2D eigenvalue weighted by atomic mass is 10.3. The average Bonchev–Trinajstić information content (AvgIpc) is 2.13. The standard InChI is InChI=1S/C10H9BrCl2N2O2S/c1-6(2-3-14)15-18(16,17)10-8(12)4-7(11)5-9(10)13/h4-6,15H,2H2,1H3. The molecule has 0 aliphatic heterocycles. The third-order valence-corrected chi connectivity index (χ3v) is 4.95. The van der Waals surface area contributed by atoms with Crippen LogP contribution in [-0.2, 0) is 10.0 Å². The number of hydrogen-bond acceptors (Lipinski definition) is 3. The minimum atomic E-state index is -3.85. The number of nitrogens with zero attached hydrogens (tertiary/aromatic N) is 1. The second kappa shape index (κ2) is 6.22. The summed E-state index contributed by atoms with van der Waals surface area (Å²) in [6.07, 6.45) is 0.0605. The molecule has 0 saturated carbocycles. The quantitative estimate of drug-likeness (QED) is 0.882. The summed E-state index contributed by atoms with van der Waals surface area (Å²) in [5.74, 6) is 0. The smallest absolute Gasteiger partial charge is 0.207 e. The van der Waals surface area contributed by atoms with E-state index in [4.69, 9.17) is 28.5 Å². The zero-order valence-corrected chi connectivity index (χ0v) is 13.2. The van der Waals surface area contributed by atoms with Crippen molar-refractivity contribution in [2.75, 3.05) is 0 Å². The van der Waals surface area contributed by atoms with E-state index in [1.807, 2.05) is 6.07 Å². The van der Waals surface area contributed by atoms with Gasteiger partial charge in [-0.2, -0.15) is 5.26 Å². The minimum absolute atomic E-state index is 0.0195. The molecule has 0 amide bonds. The van der Waals surface area contributed by atoms with Gasteiger partial charge in [0.05, 0.1) is 22.5 Å². The molecule has 0 bridgehead atoms. The highest BCUT2D eigenvalue weighted by Gasteiger charge is 2.24. The molecule has 1 atom stereocenters. The van der Waals surface area contributed by atoms with Crippen LogP contribution in [-0.4, -0.2) is 14.5 Å². The van der Waals surface area contributed by atoms with Crippen LogP contribution in [0.2, 0.25) is 10.0 Å². The Labute approximate surface area is 124 Å². The number of halogens is 3. The van der Waals surface area contributed by atoms with Crippen molar-refractivity contribution in [2.24, 2.45) is 0 Å². The number of nitrogens with one attached hydrogen (secondary N) is 1. The number of rotatable bonds is 4.